The smallest absolute Gasteiger partial charge is 0.0635 e. The van der Waals surface area contributed by atoms with E-state index in [1.54, 1.807) is 0 Å². The van der Waals surface area contributed by atoms with Crippen LogP contribution in [0.5, 0.6) is 0 Å². The maximum Gasteiger partial charge on any atom is 0.0635 e. The van der Waals surface area contributed by atoms with Crippen LogP contribution >= 0.6 is 11.6 Å². The fourth-order valence-electron chi connectivity index (χ4n) is 2.14. The van der Waals surface area contributed by atoms with E-state index >= 15 is 0 Å². The van der Waals surface area contributed by atoms with Gasteiger partial charge in [0, 0.05) is 22.8 Å². The summed E-state index contributed by atoms with van der Waals surface area (Å²) in [5.41, 5.74) is 3.70. The van der Waals surface area contributed by atoms with Crippen molar-refractivity contribution >= 4 is 23.4 Å². The number of aromatic nitrogens is 1. The Labute approximate surface area is 94.6 Å². The number of rotatable bonds is 1. The zero-order chi connectivity index (χ0) is 10.4. The number of halogens is 1. The first-order valence-corrected chi connectivity index (χ1v) is 5.71. The molecule has 0 spiro atoms. The van der Waals surface area contributed by atoms with Gasteiger partial charge in [-0.25, -0.2) is 0 Å². The molecular weight excluding hydrogens is 208 g/mol. The molecule has 0 bridgehead atoms. The number of aryl methyl sites for hydroxylation is 1. The van der Waals surface area contributed by atoms with Crippen molar-refractivity contribution < 1.29 is 0 Å². The van der Waals surface area contributed by atoms with Gasteiger partial charge >= 0.3 is 0 Å². The van der Waals surface area contributed by atoms with Gasteiger partial charge in [-0.15, -0.1) is 0 Å². The van der Waals surface area contributed by atoms with Crippen molar-refractivity contribution in [2.45, 2.75) is 25.8 Å². The van der Waals surface area contributed by atoms with Gasteiger partial charge in [0.05, 0.1) is 18.4 Å². The average Bonchev–Trinajstić information content (AvgIpc) is 3.02. The maximum absolute atomic E-state index is 6.18. The topological polar surface area (TPSA) is 16.1 Å². The molecule has 0 aromatic carbocycles. The molecule has 15 heavy (non-hydrogen) atoms. The van der Waals surface area contributed by atoms with Gasteiger partial charge in [0.25, 0.3) is 0 Å². The van der Waals surface area contributed by atoms with E-state index in [1.165, 1.54) is 29.7 Å². The number of pyridine rings is 1. The Morgan fingerprint density at radius 2 is 2.20 bits per heavy atom. The van der Waals surface area contributed by atoms with E-state index < -0.39 is 0 Å². The van der Waals surface area contributed by atoms with Crippen LogP contribution < -0.4 is 4.90 Å². The number of anilines is 1. The Morgan fingerprint density at radius 3 is 2.93 bits per heavy atom. The normalized spacial score (nSPS) is 19.9. The lowest BCUT2D eigenvalue weighted by Crippen LogP contribution is -2.30. The summed E-state index contributed by atoms with van der Waals surface area (Å²) in [7, 11) is 0. The summed E-state index contributed by atoms with van der Waals surface area (Å²) in [6.45, 7) is 2.94. The Balaban J connectivity index is 2.12. The molecule has 1 aromatic heterocycles. The predicted octanol–water partition coefficient (Wildman–Crippen LogP) is 2.95. The van der Waals surface area contributed by atoms with Gasteiger partial charge in [0.15, 0.2) is 0 Å². The fourth-order valence-corrected chi connectivity index (χ4v) is 2.38. The molecule has 0 atom stereocenters. The molecule has 2 heterocycles. The van der Waals surface area contributed by atoms with Crippen LogP contribution in [-0.4, -0.2) is 17.6 Å². The molecular formula is C12H13ClN2. The first kappa shape index (κ1) is 9.22. The number of hydrogen-bond acceptors (Lipinski definition) is 2. The molecule has 0 unspecified atom stereocenters. The van der Waals surface area contributed by atoms with Gasteiger partial charge in [-0.3, -0.25) is 4.98 Å². The Bertz CT molecular complexity index is 435. The van der Waals surface area contributed by atoms with Crippen molar-refractivity contribution in [3.05, 3.63) is 28.6 Å². The molecule has 1 aliphatic carbocycles. The zero-order valence-electron chi connectivity index (χ0n) is 8.70. The van der Waals surface area contributed by atoms with E-state index in [9.17, 15) is 0 Å². The monoisotopic (exact) mass is 220 g/mol. The summed E-state index contributed by atoms with van der Waals surface area (Å²) in [5.74, 6) is 0. The van der Waals surface area contributed by atoms with Crippen molar-refractivity contribution in [3.63, 3.8) is 0 Å². The molecule has 1 aliphatic heterocycles. The number of hydrogen-bond donors (Lipinski definition) is 0. The standard InChI is InChI=1S/C12H13ClN2/c1-8-5-14-6-12-11(8)4-9(13)7-15(12)10-2-3-10/h4-6,10H,2-3,7H2,1H3. The lowest BCUT2D eigenvalue weighted by Gasteiger charge is -2.30. The van der Waals surface area contributed by atoms with Crippen molar-refractivity contribution in [2.75, 3.05) is 11.4 Å². The summed E-state index contributed by atoms with van der Waals surface area (Å²) in [6, 6.07) is 0.690. The van der Waals surface area contributed by atoms with Crippen LogP contribution in [0.2, 0.25) is 0 Å². The Kier molecular flexibility index (Phi) is 1.99. The van der Waals surface area contributed by atoms with E-state index in [1.807, 2.05) is 12.4 Å². The molecule has 1 saturated carbocycles. The second-order valence-corrected chi connectivity index (χ2v) is 4.82. The fraction of sp³-hybridized carbons (Fsp3) is 0.417. The molecule has 0 amide bonds. The molecule has 1 fully saturated rings. The Hall–Kier alpha value is -1.02. The largest absolute Gasteiger partial charge is 0.362 e. The van der Waals surface area contributed by atoms with Crippen molar-refractivity contribution in [1.82, 2.24) is 4.98 Å². The summed E-state index contributed by atoms with van der Waals surface area (Å²) in [4.78, 5) is 6.66. The minimum absolute atomic E-state index is 0.690. The highest BCUT2D eigenvalue weighted by atomic mass is 35.5. The first-order chi connectivity index (χ1) is 7.25. The second-order valence-electron chi connectivity index (χ2n) is 4.34. The molecule has 0 N–H and O–H groups in total. The van der Waals surface area contributed by atoms with Gasteiger partial charge in [-0.05, 0) is 31.4 Å². The van der Waals surface area contributed by atoms with Crippen LogP contribution in [0.3, 0.4) is 0 Å². The van der Waals surface area contributed by atoms with E-state index in [0.29, 0.717) is 6.04 Å². The molecule has 2 nitrogen and oxygen atoms in total. The highest BCUT2D eigenvalue weighted by Crippen LogP contribution is 2.38. The summed E-state index contributed by atoms with van der Waals surface area (Å²) >= 11 is 6.18. The molecule has 0 saturated heterocycles. The van der Waals surface area contributed by atoms with Gasteiger partial charge in [-0.2, -0.15) is 0 Å². The summed E-state index contributed by atoms with van der Waals surface area (Å²) in [6.07, 6.45) is 8.51. The third-order valence-corrected chi connectivity index (χ3v) is 3.31. The first-order valence-electron chi connectivity index (χ1n) is 5.33. The minimum Gasteiger partial charge on any atom is -0.362 e. The van der Waals surface area contributed by atoms with Crippen LogP contribution in [0, 0.1) is 6.92 Å². The highest BCUT2D eigenvalue weighted by Gasteiger charge is 2.32. The van der Waals surface area contributed by atoms with Crippen LogP contribution in [0.25, 0.3) is 6.08 Å². The number of fused-ring (bicyclic) bond motifs is 1. The lowest BCUT2D eigenvalue weighted by atomic mass is 10.1. The molecule has 2 aliphatic rings. The molecule has 1 aromatic rings. The van der Waals surface area contributed by atoms with E-state index in [2.05, 4.69) is 22.9 Å². The molecule has 3 rings (SSSR count). The lowest BCUT2D eigenvalue weighted by molar-refractivity contribution is 0.843. The molecule has 0 radical (unpaired) electrons. The maximum atomic E-state index is 6.18. The quantitative estimate of drug-likeness (QED) is 0.724. The van der Waals surface area contributed by atoms with Crippen LogP contribution in [0.1, 0.15) is 24.0 Å². The third kappa shape index (κ3) is 1.53. The SMILES string of the molecule is Cc1cncc2c1C=C(Cl)CN2C1CC1. The zero-order valence-corrected chi connectivity index (χ0v) is 9.46. The summed E-state index contributed by atoms with van der Waals surface area (Å²) < 4.78 is 0. The minimum atomic E-state index is 0.690. The van der Waals surface area contributed by atoms with Gasteiger partial charge in [-0.1, -0.05) is 11.6 Å². The van der Waals surface area contributed by atoms with Crippen LogP contribution in [0.15, 0.2) is 17.4 Å². The highest BCUT2D eigenvalue weighted by molar-refractivity contribution is 6.32. The van der Waals surface area contributed by atoms with Gasteiger partial charge < -0.3 is 4.90 Å². The summed E-state index contributed by atoms with van der Waals surface area (Å²) in [5, 5.41) is 0.934. The van der Waals surface area contributed by atoms with Crippen molar-refractivity contribution in [3.8, 4) is 0 Å². The number of nitrogens with zero attached hydrogens (tertiary/aromatic N) is 2. The van der Waals surface area contributed by atoms with Gasteiger partial charge in [0.2, 0.25) is 0 Å². The van der Waals surface area contributed by atoms with Crippen LogP contribution in [-0.2, 0) is 0 Å². The average molecular weight is 221 g/mol. The molecule has 78 valence electrons. The van der Waals surface area contributed by atoms with E-state index in [0.717, 1.165) is 11.6 Å². The van der Waals surface area contributed by atoms with Crippen molar-refractivity contribution in [1.29, 1.82) is 0 Å². The Morgan fingerprint density at radius 1 is 1.40 bits per heavy atom. The second kappa shape index (κ2) is 3.24. The molecule has 3 heteroatoms. The van der Waals surface area contributed by atoms with Crippen LogP contribution in [0.4, 0.5) is 5.69 Å². The van der Waals surface area contributed by atoms with Crippen molar-refractivity contribution in [2.24, 2.45) is 0 Å². The third-order valence-electron chi connectivity index (χ3n) is 3.09. The van der Waals surface area contributed by atoms with Gasteiger partial charge in [0.1, 0.15) is 0 Å². The predicted molar refractivity (Wildman–Crippen MR) is 63.2 cm³/mol. The van der Waals surface area contributed by atoms with E-state index in [-0.39, 0.29) is 0 Å². The van der Waals surface area contributed by atoms with E-state index in [4.69, 9.17) is 11.6 Å².